The Bertz CT molecular complexity index is 318. The van der Waals surface area contributed by atoms with Crippen LogP contribution in [0.15, 0.2) is 22.7 Å². The zero-order valence-electron chi connectivity index (χ0n) is 7.56. The van der Waals surface area contributed by atoms with Gasteiger partial charge in [0.1, 0.15) is 0 Å². The van der Waals surface area contributed by atoms with Gasteiger partial charge >= 0.3 is 0 Å². The summed E-state index contributed by atoms with van der Waals surface area (Å²) in [6.07, 6.45) is 0. The molecule has 0 atom stereocenters. The molecule has 0 unspecified atom stereocenters. The molecule has 0 radical (unpaired) electrons. The molecule has 14 heavy (non-hydrogen) atoms. The maximum absolute atomic E-state index is 13.1. The molecule has 0 fully saturated rings. The van der Waals surface area contributed by atoms with Crippen molar-refractivity contribution in [3.05, 3.63) is 33.8 Å². The van der Waals surface area contributed by atoms with Crippen molar-refractivity contribution in [2.24, 2.45) is 5.73 Å². The standard InChI is InChI=1S/C9H10BrF2N.ClH/c1-6-2-3-7(8(10)4-6)9(11,12)5-13;/h2-4H,5,13H2,1H3;1H. The molecule has 80 valence electrons. The van der Waals surface area contributed by atoms with Crippen LogP contribution >= 0.6 is 28.3 Å². The van der Waals surface area contributed by atoms with Crippen LogP contribution in [-0.2, 0) is 5.92 Å². The molecule has 0 aromatic heterocycles. The van der Waals surface area contributed by atoms with E-state index in [0.29, 0.717) is 4.47 Å². The van der Waals surface area contributed by atoms with Crippen molar-refractivity contribution >= 4 is 28.3 Å². The van der Waals surface area contributed by atoms with Gasteiger partial charge in [0.05, 0.1) is 6.54 Å². The fourth-order valence-corrected chi connectivity index (χ4v) is 1.81. The minimum Gasteiger partial charge on any atom is -0.325 e. The summed E-state index contributed by atoms with van der Waals surface area (Å²) in [6, 6.07) is 4.69. The molecule has 0 aliphatic heterocycles. The van der Waals surface area contributed by atoms with Crippen LogP contribution in [0.25, 0.3) is 0 Å². The second-order valence-corrected chi connectivity index (χ2v) is 3.75. The molecule has 0 bridgehead atoms. The summed E-state index contributed by atoms with van der Waals surface area (Å²) in [6.45, 7) is 1.17. The molecule has 0 saturated heterocycles. The Kier molecular flexibility index (Phi) is 4.98. The third-order valence-electron chi connectivity index (χ3n) is 1.78. The lowest BCUT2D eigenvalue weighted by atomic mass is 10.1. The van der Waals surface area contributed by atoms with Crippen LogP contribution in [0.3, 0.4) is 0 Å². The molecule has 1 rings (SSSR count). The normalized spacial score (nSPS) is 10.9. The minimum atomic E-state index is -2.95. The van der Waals surface area contributed by atoms with Crippen LogP contribution in [0.4, 0.5) is 8.78 Å². The molecule has 0 heterocycles. The molecule has 0 saturated carbocycles. The monoisotopic (exact) mass is 285 g/mol. The Labute approximate surface area is 96.2 Å². The second kappa shape index (κ2) is 5.05. The molecule has 0 aliphatic carbocycles. The highest BCUT2D eigenvalue weighted by Crippen LogP contribution is 2.32. The first-order valence-corrected chi connectivity index (χ1v) is 4.61. The molecule has 0 aliphatic rings. The lowest BCUT2D eigenvalue weighted by Crippen LogP contribution is -2.25. The minimum absolute atomic E-state index is 0. The van der Waals surface area contributed by atoms with Crippen LogP contribution in [0, 0.1) is 6.92 Å². The Balaban J connectivity index is 0.00000169. The highest BCUT2D eigenvalue weighted by Gasteiger charge is 2.31. The summed E-state index contributed by atoms with van der Waals surface area (Å²) >= 11 is 3.09. The summed E-state index contributed by atoms with van der Waals surface area (Å²) in [5, 5.41) is 0. The van der Waals surface area contributed by atoms with Gasteiger partial charge in [0.25, 0.3) is 5.92 Å². The average Bonchev–Trinajstić information content (AvgIpc) is 2.03. The molecular formula is C9H11BrClF2N. The van der Waals surface area contributed by atoms with Gasteiger partial charge in [0.2, 0.25) is 0 Å². The number of rotatable bonds is 2. The van der Waals surface area contributed by atoms with Gasteiger partial charge in [0, 0.05) is 10.0 Å². The number of halogens is 4. The van der Waals surface area contributed by atoms with Crippen LogP contribution in [0.5, 0.6) is 0 Å². The number of hydrogen-bond acceptors (Lipinski definition) is 1. The SMILES string of the molecule is Cc1ccc(C(F)(F)CN)c(Br)c1.Cl. The van der Waals surface area contributed by atoms with Gasteiger partial charge in [0.15, 0.2) is 0 Å². The van der Waals surface area contributed by atoms with E-state index in [9.17, 15) is 8.78 Å². The predicted molar refractivity (Wildman–Crippen MR) is 59.1 cm³/mol. The van der Waals surface area contributed by atoms with Crippen LogP contribution < -0.4 is 5.73 Å². The number of aryl methyl sites for hydroxylation is 1. The van der Waals surface area contributed by atoms with Gasteiger partial charge in [-0.25, -0.2) is 0 Å². The van der Waals surface area contributed by atoms with E-state index in [1.165, 1.54) is 6.07 Å². The van der Waals surface area contributed by atoms with E-state index in [2.05, 4.69) is 15.9 Å². The van der Waals surface area contributed by atoms with E-state index >= 15 is 0 Å². The second-order valence-electron chi connectivity index (χ2n) is 2.89. The van der Waals surface area contributed by atoms with Crippen LogP contribution in [-0.4, -0.2) is 6.54 Å². The first-order chi connectivity index (χ1) is 5.97. The van der Waals surface area contributed by atoms with Gasteiger partial charge in [-0.2, -0.15) is 8.78 Å². The Morgan fingerprint density at radius 3 is 2.43 bits per heavy atom. The van der Waals surface area contributed by atoms with E-state index in [-0.39, 0.29) is 18.0 Å². The van der Waals surface area contributed by atoms with Crippen LogP contribution in [0.1, 0.15) is 11.1 Å². The maximum atomic E-state index is 13.1. The molecule has 5 heteroatoms. The summed E-state index contributed by atoms with van der Waals surface area (Å²) in [5.74, 6) is -2.95. The Morgan fingerprint density at radius 1 is 1.43 bits per heavy atom. The molecule has 1 nitrogen and oxygen atoms in total. The number of nitrogens with two attached hydrogens (primary N) is 1. The Morgan fingerprint density at radius 2 is 2.00 bits per heavy atom. The van der Waals surface area contributed by atoms with Gasteiger partial charge in [-0.1, -0.05) is 28.1 Å². The third-order valence-corrected chi connectivity index (χ3v) is 2.43. The first kappa shape index (κ1) is 13.8. The van der Waals surface area contributed by atoms with E-state index in [4.69, 9.17) is 5.73 Å². The van der Waals surface area contributed by atoms with Gasteiger partial charge in [-0.3, -0.25) is 0 Å². The lowest BCUT2D eigenvalue weighted by Gasteiger charge is -2.15. The summed E-state index contributed by atoms with van der Waals surface area (Å²) in [5.41, 5.74) is 5.85. The topological polar surface area (TPSA) is 26.0 Å². The predicted octanol–water partition coefficient (Wildman–Crippen LogP) is 3.23. The smallest absolute Gasteiger partial charge is 0.286 e. The van der Waals surface area contributed by atoms with E-state index in [1.807, 2.05) is 6.92 Å². The summed E-state index contributed by atoms with van der Waals surface area (Å²) in [7, 11) is 0. The fraction of sp³-hybridized carbons (Fsp3) is 0.333. The van der Waals surface area contributed by atoms with E-state index in [1.54, 1.807) is 12.1 Å². The third kappa shape index (κ3) is 2.90. The van der Waals surface area contributed by atoms with Gasteiger partial charge in [-0.15, -0.1) is 12.4 Å². The number of benzene rings is 1. The first-order valence-electron chi connectivity index (χ1n) is 3.82. The zero-order chi connectivity index (χ0) is 10.1. The van der Waals surface area contributed by atoms with Crippen molar-refractivity contribution in [2.75, 3.05) is 6.54 Å². The van der Waals surface area contributed by atoms with E-state index in [0.717, 1.165) is 5.56 Å². The summed E-state index contributed by atoms with van der Waals surface area (Å²) in [4.78, 5) is 0. The molecule has 0 amide bonds. The van der Waals surface area contributed by atoms with Crippen molar-refractivity contribution in [3.63, 3.8) is 0 Å². The molecule has 1 aromatic rings. The van der Waals surface area contributed by atoms with Crippen LogP contribution in [0.2, 0.25) is 0 Å². The number of alkyl halides is 2. The number of hydrogen-bond donors (Lipinski definition) is 1. The quantitative estimate of drug-likeness (QED) is 0.887. The highest BCUT2D eigenvalue weighted by atomic mass is 79.9. The zero-order valence-corrected chi connectivity index (χ0v) is 9.96. The van der Waals surface area contributed by atoms with E-state index < -0.39 is 12.5 Å². The molecule has 1 aromatic carbocycles. The molecule has 2 N–H and O–H groups in total. The molecule has 0 spiro atoms. The maximum Gasteiger partial charge on any atom is 0.286 e. The van der Waals surface area contributed by atoms with Gasteiger partial charge in [-0.05, 0) is 18.6 Å². The van der Waals surface area contributed by atoms with Crippen molar-refractivity contribution in [3.8, 4) is 0 Å². The van der Waals surface area contributed by atoms with Crippen molar-refractivity contribution in [1.82, 2.24) is 0 Å². The lowest BCUT2D eigenvalue weighted by molar-refractivity contribution is 0.00520. The van der Waals surface area contributed by atoms with Crippen molar-refractivity contribution < 1.29 is 8.78 Å². The Hall–Kier alpha value is -0.190. The average molecular weight is 287 g/mol. The fourth-order valence-electron chi connectivity index (χ4n) is 1.03. The largest absolute Gasteiger partial charge is 0.325 e. The van der Waals surface area contributed by atoms with Gasteiger partial charge < -0.3 is 5.73 Å². The van der Waals surface area contributed by atoms with Crippen molar-refractivity contribution in [2.45, 2.75) is 12.8 Å². The summed E-state index contributed by atoms with van der Waals surface area (Å²) < 4.78 is 26.7. The highest BCUT2D eigenvalue weighted by molar-refractivity contribution is 9.10. The molecular weight excluding hydrogens is 275 g/mol. The van der Waals surface area contributed by atoms with Crippen molar-refractivity contribution in [1.29, 1.82) is 0 Å².